The van der Waals surface area contributed by atoms with Gasteiger partial charge in [0, 0.05) is 36.1 Å². The van der Waals surface area contributed by atoms with Crippen LogP contribution in [0.25, 0.3) is 0 Å². The van der Waals surface area contributed by atoms with Gasteiger partial charge in [-0.05, 0) is 111 Å². The second kappa shape index (κ2) is 13.3. The Kier molecular flexibility index (Phi) is 9.02. The van der Waals surface area contributed by atoms with Crippen LogP contribution in [0.15, 0.2) is 53.4 Å². The van der Waals surface area contributed by atoms with Crippen LogP contribution in [0.5, 0.6) is 5.75 Å². The number of aryl methyl sites for hydroxylation is 1. The van der Waals surface area contributed by atoms with Crippen molar-refractivity contribution in [2.45, 2.75) is 85.8 Å². The molecule has 8 rings (SSSR count). The average Bonchev–Trinajstić information content (AvgIpc) is 3.51. The number of nitrogens with zero attached hydrogens (tertiary/aromatic N) is 1. The van der Waals surface area contributed by atoms with E-state index in [2.05, 4.69) is 27.1 Å². The quantitative estimate of drug-likeness (QED) is 0.409. The van der Waals surface area contributed by atoms with Crippen LogP contribution >= 0.6 is 11.6 Å². The summed E-state index contributed by atoms with van der Waals surface area (Å²) in [6.45, 7) is 2.79. The Balaban J connectivity index is 1.17. The minimum absolute atomic E-state index is 0.00891. The molecule has 2 bridgehead atoms. The van der Waals surface area contributed by atoms with Crippen LogP contribution in [-0.4, -0.2) is 77.7 Å². The molecule has 2 aromatic carbocycles. The van der Waals surface area contributed by atoms with Crippen molar-refractivity contribution in [3.05, 3.63) is 64.7 Å². The van der Waals surface area contributed by atoms with Gasteiger partial charge in [-0.3, -0.25) is 4.79 Å². The summed E-state index contributed by atoms with van der Waals surface area (Å²) in [6, 6.07) is 10.9. The van der Waals surface area contributed by atoms with E-state index in [0.29, 0.717) is 62.2 Å². The van der Waals surface area contributed by atoms with E-state index >= 15 is 0 Å². The molecule has 0 radical (unpaired) electrons. The number of nitrogens with one attached hydrogen (secondary N) is 2. The molecule has 6 aliphatic rings. The van der Waals surface area contributed by atoms with Crippen molar-refractivity contribution in [2.24, 2.45) is 11.8 Å². The number of fused-ring (bicyclic) bond motifs is 4. The summed E-state index contributed by atoms with van der Waals surface area (Å²) >= 11 is 6.44. The van der Waals surface area contributed by atoms with E-state index in [1.54, 1.807) is 18.2 Å². The zero-order valence-electron chi connectivity index (χ0n) is 28.0. The predicted octanol–water partition coefficient (Wildman–Crippen LogP) is 5.04. The Morgan fingerprint density at radius 2 is 1.96 bits per heavy atom. The lowest BCUT2D eigenvalue weighted by molar-refractivity contribution is -0.155. The van der Waals surface area contributed by atoms with Crippen molar-refractivity contribution in [2.75, 3.05) is 44.4 Å². The first-order valence-electron chi connectivity index (χ1n) is 17.9. The Morgan fingerprint density at radius 1 is 1.08 bits per heavy atom. The molecular formula is C37H44ClN3O8S. The van der Waals surface area contributed by atoms with E-state index < -0.39 is 33.7 Å². The Labute approximate surface area is 298 Å². The molecule has 50 heavy (non-hydrogen) atoms. The number of carbonyl (C=O) groups is 2. The SMILES string of the molecule is O=C(N[C@H]1CCOC1)O[C@H]1/C=C/COC2(CCC2)C(=O)NS(=O)(=O)c2ccc3c(c2)N(C[C@@H]2CC[C@H]21)C[C@@]1(CCCc2cc(Cl)ccc21)CO3. The second-order valence-electron chi connectivity index (χ2n) is 14.8. The Bertz CT molecular complexity index is 1790. The van der Waals surface area contributed by atoms with Gasteiger partial charge >= 0.3 is 6.09 Å². The van der Waals surface area contributed by atoms with E-state index in [0.717, 1.165) is 44.9 Å². The lowest BCUT2D eigenvalue weighted by Gasteiger charge is -2.46. The third kappa shape index (κ3) is 6.37. The number of ether oxygens (including phenoxy) is 4. The lowest BCUT2D eigenvalue weighted by atomic mass is 9.68. The van der Waals surface area contributed by atoms with Gasteiger partial charge in [-0.1, -0.05) is 23.7 Å². The van der Waals surface area contributed by atoms with E-state index in [1.807, 2.05) is 12.1 Å². The van der Waals surface area contributed by atoms with Gasteiger partial charge in [-0.25, -0.2) is 17.9 Å². The highest BCUT2D eigenvalue weighted by molar-refractivity contribution is 7.90. The topological polar surface area (TPSA) is 132 Å². The smallest absolute Gasteiger partial charge is 0.408 e. The third-order valence-corrected chi connectivity index (χ3v) is 13.3. The van der Waals surface area contributed by atoms with Crippen LogP contribution in [0.4, 0.5) is 10.5 Å². The van der Waals surface area contributed by atoms with Gasteiger partial charge in [0.25, 0.3) is 15.9 Å². The lowest BCUT2D eigenvalue weighted by Crippen LogP contribution is -2.55. The summed E-state index contributed by atoms with van der Waals surface area (Å²) in [4.78, 5) is 28.9. The van der Waals surface area contributed by atoms with E-state index in [-0.39, 0.29) is 34.8 Å². The van der Waals surface area contributed by atoms with Gasteiger partial charge in [0.1, 0.15) is 17.5 Å². The van der Waals surface area contributed by atoms with Crippen molar-refractivity contribution in [1.82, 2.24) is 10.0 Å². The van der Waals surface area contributed by atoms with Gasteiger partial charge in [-0.15, -0.1) is 0 Å². The van der Waals surface area contributed by atoms with Gasteiger partial charge in [0.2, 0.25) is 0 Å². The normalized spacial score (nSPS) is 31.9. The molecule has 5 atom stereocenters. The first-order valence-corrected chi connectivity index (χ1v) is 19.7. The van der Waals surface area contributed by atoms with E-state index in [9.17, 15) is 18.0 Å². The molecular weight excluding hydrogens is 682 g/mol. The standard InChI is InChI=1S/C37H44ClN3O8S/c38-26-7-10-30-24(18-26)4-1-13-36(30)22-41-20-25-6-9-29(25)32(49-35(43)39-27-12-17-46-21-27)5-2-16-48-37(14-3-15-37)34(42)40-50(44,45)28-8-11-33(47-23-36)31(41)19-28/h2,5,7-8,10-11,18-19,25,27,29,32H,1,3-4,6,9,12-17,20-23H2,(H,39,43)(H,40,42)/b5-2+/t25-,27-,29+,32-,36-/m0/s1. The molecule has 3 aliphatic carbocycles. The maximum atomic E-state index is 13.8. The predicted molar refractivity (Wildman–Crippen MR) is 186 cm³/mol. The average molecular weight is 726 g/mol. The van der Waals surface area contributed by atoms with Crippen molar-refractivity contribution in [3.8, 4) is 5.75 Å². The summed E-state index contributed by atoms with van der Waals surface area (Å²) < 4.78 is 54.0. The number of carbonyl (C=O) groups excluding carboxylic acids is 2. The molecule has 268 valence electrons. The van der Waals surface area contributed by atoms with Gasteiger partial charge in [0.15, 0.2) is 0 Å². The number of sulfonamides is 1. The van der Waals surface area contributed by atoms with Crippen LogP contribution in [-0.2, 0) is 40.9 Å². The van der Waals surface area contributed by atoms with Crippen LogP contribution in [0.1, 0.15) is 62.5 Å². The zero-order chi connectivity index (χ0) is 34.5. The largest absolute Gasteiger partial charge is 0.490 e. The number of hydrogen-bond donors (Lipinski definition) is 2. The fourth-order valence-electron chi connectivity index (χ4n) is 8.65. The molecule has 3 heterocycles. The Morgan fingerprint density at radius 3 is 2.72 bits per heavy atom. The van der Waals surface area contributed by atoms with E-state index in [4.69, 9.17) is 30.5 Å². The molecule has 2 spiro atoms. The second-order valence-corrected chi connectivity index (χ2v) is 17.0. The first kappa shape index (κ1) is 33.8. The molecule has 1 saturated heterocycles. The maximum Gasteiger partial charge on any atom is 0.408 e. The molecule has 2 N–H and O–H groups in total. The summed E-state index contributed by atoms with van der Waals surface area (Å²) in [5.41, 5.74) is 1.49. The number of halogens is 1. The van der Waals surface area contributed by atoms with Crippen molar-refractivity contribution in [1.29, 1.82) is 0 Å². The summed E-state index contributed by atoms with van der Waals surface area (Å²) in [7, 11) is -4.22. The molecule has 2 saturated carbocycles. The van der Waals surface area contributed by atoms with Crippen LogP contribution in [0.2, 0.25) is 5.02 Å². The van der Waals surface area contributed by atoms with Crippen LogP contribution in [0.3, 0.4) is 0 Å². The fraction of sp³-hybridized carbons (Fsp3) is 0.568. The van der Waals surface area contributed by atoms with Crippen molar-refractivity contribution in [3.63, 3.8) is 0 Å². The summed E-state index contributed by atoms with van der Waals surface area (Å²) in [5, 5.41) is 3.66. The molecule has 11 nitrogen and oxygen atoms in total. The van der Waals surface area contributed by atoms with Gasteiger partial charge in [0.05, 0.1) is 36.4 Å². The number of alkyl carbamates (subject to hydrolysis) is 1. The number of rotatable bonds is 2. The molecule has 0 aromatic heterocycles. The number of hydrogen-bond acceptors (Lipinski definition) is 9. The zero-order valence-corrected chi connectivity index (χ0v) is 29.6. The number of benzene rings is 2. The van der Waals surface area contributed by atoms with Gasteiger partial charge in [-0.2, -0.15) is 0 Å². The molecule has 2 amide bonds. The monoisotopic (exact) mass is 725 g/mol. The Hall–Kier alpha value is -3.32. The summed E-state index contributed by atoms with van der Waals surface area (Å²) in [6.07, 6.45) is 9.60. The number of anilines is 1. The van der Waals surface area contributed by atoms with Crippen molar-refractivity contribution < 1.29 is 37.0 Å². The highest BCUT2D eigenvalue weighted by atomic mass is 35.5. The molecule has 0 unspecified atom stereocenters. The third-order valence-electron chi connectivity index (χ3n) is 11.8. The summed E-state index contributed by atoms with van der Waals surface area (Å²) in [5.74, 6) is 0.0950. The molecule has 3 aliphatic heterocycles. The highest BCUT2D eigenvalue weighted by Crippen LogP contribution is 2.47. The maximum absolute atomic E-state index is 13.8. The van der Waals surface area contributed by atoms with Crippen LogP contribution < -0.4 is 19.7 Å². The van der Waals surface area contributed by atoms with Crippen molar-refractivity contribution >= 4 is 39.3 Å². The van der Waals surface area contributed by atoms with Crippen LogP contribution in [0, 0.1) is 11.8 Å². The van der Waals surface area contributed by atoms with E-state index in [1.165, 1.54) is 17.2 Å². The van der Waals surface area contributed by atoms with Gasteiger partial charge < -0.3 is 29.2 Å². The molecule has 13 heteroatoms. The fourth-order valence-corrected chi connectivity index (χ4v) is 9.90. The number of amides is 2. The first-order chi connectivity index (χ1) is 24.1. The molecule has 3 fully saturated rings. The minimum atomic E-state index is -4.22. The minimum Gasteiger partial charge on any atom is -0.490 e. The molecule has 2 aromatic rings. The highest BCUT2D eigenvalue weighted by Gasteiger charge is 2.48.